The Morgan fingerprint density at radius 2 is 2.00 bits per heavy atom. The number of hydrogen-bond acceptors (Lipinski definition) is 4. The molecule has 22 heavy (non-hydrogen) atoms. The summed E-state index contributed by atoms with van der Waals surface area (Å²) in [6.07, 6.45) is 4.50. The molecule has 6 heteroatoms. The number of hydrogen-bond donors (Lipinski definition) is 0. The molecule has 1 heterocycles. The molecular weight excluding hydrogens is 300 g/mol. The molecule has 0 fully saturated rings. The summed E-state index contributed by atoms with van der Waals surface area (Å²) in [5, 5.41) is 0. The molecule has 1 amide bonds. The number of pyridine rings is 1. The zero-order valence-corrected chi connectivity index (χ0v) is 13.6. The fourth-order valence-electron chi connectivity index (χ4n) is 2.11. The third-order valence-corrected chi connectivity index (χ3v) is 4.47. The summed E-state index contributed by atoms with van der Waals surface area (Å²) in [5.41, 5.74) is 2.06. The molecule has 2 aromatic rings. The zero-order valence-electron chi connectivity index (χ0n) is 12.8. The van der Waals surface area contributed by atoms with E-state index < -0.39 is 9.84 Å². The van der Waals surface area contributed by atoms with Gasteiger partial charge >= 0.3 is 0 Å². The molecule has 5 nitrogen and oxygen atoms in total. The Hall–Kier alpha value is -2.21. The predicted molar refractivity (Wildman–Crippen MR) is 84.3 cm³/mol. The lowest BCUT2D eigenvalue weighted by atomic mass is 10.1. The Morgan fingerprint density at radius 3 is 2.59 bits per heavy atom. The van der Waals surface area contributed by atoms with Gasteiger partial charge in [0.1, 0.15) is 0 Å². The largest absolute Gasteiger partial charge is 0.337 e. The topological polar surface area (TPSA) is 67.3 Å². The van der Waals surface area contributed by atoms with Gasteiger partial charge in [-0.25, -0.2) is 8.42 Å². The Morgan fingerprint density at radius 1 is 1.27 bits per heavy atom. The van der Waals surface area contributed by atoms with Gasteiger partial charge in [-0.15, -0.1) is 0 Å². The van der Waals surface area contributed by atoms with Crippen molar-refractivity contribution in [2.75, 3.05) is 13.3 Å². The van der Waals surface area contributed by atoms with Gasteiger partial charge in [0, 0.05) is 37.8 Å². The first-order valence-electron chi connectivity index (χ1n) is 6.74. The van der Waals surface area contributed by atoms with Gasteiger partial charge in [0.25, 0.3) is 5.91 Å². The molecule has 0 unspecified atom stereocenters. The molecule has 0 saturated carbocycles. The van der Waals surface area contributed by atoms with Crippen molar-refractivity contribution in [3.63, 3.8) is 0 Å². The molecule has 0 radical (unpaired) electrons. The van der Waals surface area contributed by atoms with E-state index in [4.69, 9.17) is 0 Å². The van der Waals surface area contributed by atoms with Crippen molar-refractivity contribution in [3.05, 3.63) is 59.4 Å². The maximum Gasteiger partial charge on any atom is 0.254 e. The van der Waals surface area contributed by atoms with Crippen LogP contribution in [0.5, 0.6) is 0 Å². The lowest BCUT2D eigenvalue weighted by molar-refractivity contribution is 0.0784. The number of amides is 1. The molecule has 0 spiro atoms. The number of sulfone groups is 1. The third-order valence-electron chi connectivity index (χ3n) is 3.36. The monoisotopic (exact) mass is 318 g/mol. The summed E-state index contributed by atoms with van der Waals surface area (Å²) in [4.78, 5) is 18.3. The van der Waals surface area contributed by atoms with Gasteiger partial charge in [-0.1, -0.05) is 12.1 Å². The minimum Gasteiger partial charge on any atom is -0.337 e. The first kappa shape index (κ1) is 16.2. The van der Waals surface area contributed by atoms with Gasteiger partial charge in [-0.2, -0.15) is 0 Å². The lowest BCUT2D eigenvalue weighted by Gasteiger charge is -2.18. The Labute approximate surface area is 130 Å². The predicted octanol–water partition coefficient (Wildman–Crippen LogP) is 2.07. The number of aryl methyl sites for hydroxylation is 1. The molecule has 0 bridgehead atoms. The second-order valence-electron chi connectivity index (χ2n) is 5.27. The first-order valence-corrected chi connectivity index (χ1v) is 8.63. The summed E-state index contributed by atoms with van der Waals surface area (Å²) in [6, 6.07) is 8.30. The Kier molecular flexibility index (Phi) is 4.61. The van der Waals surface area contributed by atoms with Crippen molar-refractivity contribution >= 4 is 15.7 Å². The minimum absolute atomic E-state index is 0.149. The first-order chi connectivity index (χ1) is 10.3. The molecule has 0 atom stereocenters. The fraction of sp³-hybridized carbons (Fsp3) is 0.250. The van der Waals surface area contributed by atoms with Crippen LogP contribution in [0.15, 0.2) is 47.6 Å². The zero-order chi connectivity index (χ0) is 16.3. The van der Waals surface area contributed by atoms with Gasteiger partial charge < -0.3 is 4.90 Å². The molecule has 0 N–H and O–H groups in total. The van der Waals surface area contributed by atoms with E-state index in [1.807, 2.05) is 12.1 Å². The molecular formula is C16H18N2O3S. The molecule has 0 saturated heterocycles. The van der Waals surface area contributed by atoms with Crippen LogP contribution < -0.4 is 0 Å². The van der Waals surface area contributed by atoms with Crippen molar-refractivity contribution in [1.29, 1.82) is 0 Å². The number of nitrogens with zero attached hydrogens (tertiary/aromatic N) is 2. The second kappa shape index (κ2) is 6.27. The number of rotatable bonds is 4. The van der Waals surface area contributed by atoms with E-state index in [9.17, 15) is 13.2 Å². The summed E-state index contributed by atoms with van der Waals surface area (Å²) in [7, 11) is -1.66. The van der Waals surface area contributed by atoms with Gasteiger partial charge in [0.05, 0.1) is 4.90 Å². The van der Waals surface area contributed by atoms with Crippen LogP contribution in [0, 0.1) is 6.92 Å². The molecule has 2 rings (SSSR count). The van der Waals surface area contributed by atoms with Crippen molar-refractivity contribution in [3.8, 4) is 0 Å². The summed E-state index contributed by atoms with van der Waals surface area (Å²) >= 11 is 0. The summed E-state index contributed by atoms with van der Waals surface area (Å²) in [5.74, 6) is -0.216. The van der Waals surface area contributed by atoms with Crippen molar-refractivity contribution in [2.45, 2.75) is 18.4 Å². The standard InChI is InChI=1S/C16H18N2O3S/c1-12-6-7-14(22(3,20)21)9-15(12)16(19)18(2)11-13-5-4-8-17-10-13/h4-10H,11H2,1-3H3. The second-order valence-corrected chi connectivity index (χ2v) is 7.29. The molecule has 1 aromatic carbocycles. The maximum absolute atomic E-state index is 12.6. The van der Waals surface area contributed by atoms with Crippen LogP contribution >= 0.6 is 0 Å². The number of carbonyl (C=O) groups excluding carboxylic acids is 1. The van der Waals surface area contributed by atoms with Crippen LogP contribution in [0.2, 0.25) is 0 Å². The van der Waals surface area contributed by atoms with Gasteiger partial charge in [-0.3, -0.25) is 9.78 Å². The number of aromatic nitrogens is 1. The molecule has 1 aromatic heterocycles. The fourth-order valence-corrected chi connectivity index (χ4v) is 2.75. The highest BCUT2D eigenvalue weighted by Crippen LogP contribution is 2.18. The Balaban J connectivity index is 2.29. The van der Waals surface area contributed by atoms with Gasteiger partial charge in [-0.05, 0) is 36.2 Å². The smallest absolute Gasteiger partial charge is 0.254 e. The van der Waals surface area contributed by atoms with Crippen LogP contribution in [0.1, 0.15) is 21.5 Å². The minimum atomic E-state index is -3.34. The van der Waals surface area contributed by atoms with Crippen molar-refractivity contribution in [1.82, 2.24) is 9.88 Å². The van der Waals surface area contributed by atoms with E-state index >= 15 is 0 Å². The average molecular weight is 318 g/mol. The number of benzene rings is 1. The number of carbonyl (C=O) groups is 1. The highest BCUT2D eigenvalue weighted by molar-refractivity contribution is 7.90. The molecule has 0 aliphatic rings. The molecule has 116 valence electrons. The quantitative estimate of drug-likeness (QED) is 0.865. The van der Waals surface area contributed by atoms with E-state index in [0.717, 1.165) is 17.4 Å². The van der Waals surface area contributed by atoms with E-state index in [1.165, 1.54) is 12.1 Å². The average Bonchev–Trinajstić information content (AvgIpc) is 2.46. The van der Waals surface area contributed by atoms with Crippen LogP contribution in [0.3, 0.4) is 0 Å². The van der Waals surface area contributed by atoms with E-state index in [-0.39, 0.29) is 10.8 Å². The highest BCUT2D eigenvalue weighted by Gasteiger charge is 2.17. The van der Waals surface area contributed by atoms with Crippen molar-refractivity contribution in [2.24, 2.45) is 0 Å². The van der Waals surface area contributed by atoms with Crippen LogP contribution in [0.25, 0.3) is 0 Å². The van der Waals surface area contributed by atoms with Crippen LogP contribution in [0.4, 0.5) is 0 Å². The van der Waals surface area contributed by atoms with E-state index in [1.54, 1.807) is 37.3 Å². The SMILES string of the molecule is Cc1ccc(S(C)(=O)=O)cc1C(=O)N(C)Cc1cccnc1. The third kappa shape index (κ3) is 3.71. The highest BCUT2D eigenvalue weighted by atomic mass is 32.2. The van der Waals surface area contributed by atoms with Gasteiger partial charge in [0.15, 0.2) is 9.84 Å². The maximum atomic E-state index is 12.6. The summed E-state index contributed by atoms with van der Waals surface area (Å²) in [6.45, 7) is 2.20. The van der Waals surface area contributed by atoms with Gasteiger partial charge in [0.2, 0.25) is 0 Å². The summed E-state index contributed by atoms with van der Waals surface area (Å²) < 4.78 is 23.3. The molecule has 0 aliphatic heterocycles. The van der Waals surface area contributed by atoms with Crippen LogP contribution in [-0.4, -0.2) is 37.5 Å². The van der Waals surface area contributed by atoms with E-state index in [2.05, 4.69) is 4.98 Å². The van der Waals surface area contributed by atoms with E-state index in [0.29, 0.717) is 12.1 Å². The molecule has 0 aliphatic carbocycles. The lowest BCUT2D eigenvalue weighted by Crippen LogP contribution is -2.27. The Bertz CT molecular complexity index is 786. The van der Waals surface area contributed by atoms with Crippen LogP contribution in [-0.2, 0) is 16.4 Å². The van der Waals surface area contributed by atoms with Crippen molar-refractivity contribution < 1.29 is 13.2 Å². The normalized spacial score (nSPS) is 11.2.